The van der Waals surface area contributed by atoms with Crippen LogP contribution >= 0.6 is 11.6 Å². The fourth-order valence-electron chi connectivity index (χ4n) is 2.79. The van der Waals surface area contributed by atoms with Gasteiger partial charge in [-0.15, -0.1) is 0 Å². The van der Waals surface area contributed by atoms with E-state index in [0.29, 0.717) is 16.3 Å². The van der Waals surface area contributed by atoms with Crippen molar-refractivity contribution in [1.82, 2.24) is 10.5 Å². The number of hydrogen-bond acceptors (Lipinski definition) is 4. The second-order valence-electron chi connectivity index (χ2n) is 5.34. The Morgan fingerprint density at radius 2 is 2.23 bits per heavy atom. The molecule has 22 heavy (non-hydrogen) atoms. The molecule has 2 unspecified atom stereocenters. The van der Waals surface area contributed by atoms with Gasteiger partial charge in [0.2, 0.25) is 0 Å². The number of carbonyl (C=O) groups is 1. The summed E-state index contributed by atoms with van der Waals surface area (Å²) in [6.07, 6.45) is 3.00. The van der Waals surface area contributed by atoms with Crippen LogP contribution in [-0.4, -0.2) is 30.3 Å². The monoisotopic (exact) mass is 320 g/mol. The predicted molar refractivity (Wildman–Crippen MR) is 82.9 cm³/mol. The van der Waals surface area contributed by atoms with Crippen molar-refractivity contribution < 1.29 is 14.1 Å². The van der Waals surface area contributed by atoms with Gasteiger partial charge < -0.3 is 14.6 Å². The summed E-state index contributed by atoms with van der Waals surface area (Å²) >= 11 is 6.12. The van der Waals surface area contributed by atoms with E-state index in [1.54, 1.807) is 19.2 Å². The summed E-state index contributed by atoms with van der Waals surface area (Å²) in [7, 11) is 1.67. The van der Waals surface area contributed by atoms with Gasteiger partial charge in [0.25, 0.3) is 5.91 Å². The maximum atomic E-state index is 12.3. The molecule has 1 saturated carbocycles. The molecule has 0 radical (unpaired) electrons. The van der Waals surface area contributed by atoms with Crippen LogP contribution in [0.3, 0.4) is 0 Å². The summed E-state index contributed by atoms with van der Waals surface area (Å²) in [5.41, 5.74) is 0.961. The lowest BCUT2D eigenvalue weighted by molar-refractivity contribution is 0.0717. The van der Waals surface area contributed by atoms with E-state index in [4.69, 9.17) is 20.9 Å². The second kappa shape index (κ2) is 6.50. The van der Waals surface area contributed by atoms with E-state index in [9.17, 15) is 4.79 Å². The van der Waals surface area contributed by atoms with Crippen molar-refractivity contribution in [1.29, 1.82) is 0 Å². The summed E-state index contributed by atoms with van der Waals surface area (Å²) in [5, 5.41) is 7.35. The Morgan fingerprint density at radius 3 is 3.00 bits per heavy atom. The molecule has 6 heteroatoms. The van der Waals surface area contributed by atoms with Crippen LogP contribution in [0.15, 0.2) is 34.9 Å². The average molecular weight is 321 g/mol. The Balaban J connectivity index is 1.73. The number of benzene rings is 1. The molecule has 1 heterocycles. The summed E-state index contributed by atoms with van der Waals surface area (Å²) in [4.78, 5) is 12.3. The minimum Gasteiger partial charge on any atom is -0.379 e. The molecule has 3 rings (SSSR count). The molecule has 1 aliphatic rings. The lowest BCUT2D eigenvalue weighted by atomic mass is 10.1. The summed E-state index contributed by atoms with van der Waals surface area (Å²) < 4.78 is 10.6. The van der Waals surface area contributed by atoms with Gasteiger partial charge in [-0.1, -0.05) is 28.9 Å². The van der Waals surface area contributed by atoms with Crippen LogP contribution in [0.25, 0.3) is 11.3 Å². The van der Waals surface area contributed by atoms with Crippen LogP contribution < -0.4 is 5.32 Å². The number of amides is 1. The Hall–Kier alpha value is -1.85. The molecule has 0 aliphatic heterocycles. The third kappa shape index (κ3) is 3.00. The molecule has 1 amide bonds. The van der Waals surface area contributed by atoms with Crippen LogP contribution in [0, 0.1) is 0 Å². The molecule has 1 aliphatic carbocycles. The van der Waals surface area contributed by atoms with Crippen molar-refractivity contribution in [3.63, 3.8) is 0 Å². The smallest absolute Gasteiger partial charge is 0.273 e. The number of ether oxygens (including phenoxy) is 1. The highest BCUT2D eigenvalue weighted by Crippen LogP contribution is 2.28. The first kappa shape index (κ1) is 15.1. The van der Waals surface area contributed by atoms with Crippen LogP contribution in [0.2, 0.25) is 5.02 Å². The molecular formula is C16H17ClN2O3. The molecule has 2 aromatic rings. The zero-order valence-electron chi connectivity index (χ0n) is 12.2. The van der Waals surface area contributed by atoms with E-state index in [1.807, 2.05) is 18.2 Å². The average Bonchev–Trinajstić information content (AvgIpc) is 3.16. The Morgan fingerprint density at radius 1 is 1.41 bits per heavy atom. The van der Waals surface area contributed by atoms with E-state index >= 15 is 0 Å². The number of methoxy groups -OCH3 is 1. The van der Waals surface area contributed by atoms with Gasteiger partial charge in [0, 0.05) is 18.7 Å². The van der Waals surface area contributed by atoms with Gasteiger partial charge >= 0.3 is 0 Å². The summed E-state index contributed by atoms with van der Waals surface area (Å²) in [6, 6.07) is 8.90. The molecule has 0 bridgehead atoms. The second-order valence-corrected chi connectivity index (χ2v) is 5.75. The van der Waals surface area contributed by atoms with Crippen LogP contribution in [0.1, 0.15) is 29.8 Å². The number of nitrogens with zero attached hydrogens (tertiary/aromatic N) is 1. The van der Waals surface area contributed by atoms with Crippen molar-refractivity contribution in [2.75, 3.05) is 7.11 Å². The first-order valence-electron chi connectivity index (χ1n) is 7.24. The highest BCUT2D eigenvalue weighted by molar-refractivity contribution is 6.33. The number of rotatable bonds is 4. The number of aromatic nitrogens is 1. The first-order chi connectivity index (χ1) is 10.7. The molecule has 0 saturated heterocycles. The molecule has 116 valence electrons. The standard InChI is InChI=1S/C16H17ClN2O3/c1-21-14-8-4-7-12(14)18-16(20)13-9-15(22-19-13)10-5-2-3-6-11(10)17/h2-3,5-6,9,12,14H,4,7-8H2,1H3,(H,18,20). The van der Waals surface area contributed by atoms with Crippen molar-refractivity contribution in [3.8, 4) is 11.3 Å². The van der Waals surface area contributed by atoms with Crippen molar-refractivity contribution in [2.24, 2.45) is 0 Å². The Labute approximate surface area is 133 Å². The zero-order valence-corrected chi connectivity index (χ0v) is 13.0. The number of halogens is 1. The van der Waals surface area contributed by atoms with Crippen LogP contribution in [-0.2, 0) is 4.74 Å². The topological polar surface area (TPSA) is 64.4 Å². The third-order valence-electron chi connectivity index (χ3n) is 3.95. The molecule has 1 fully saturated rings. The van der Waals surface area contributed by atoms with Crippen molar-refractivity contribution >= 4 is 17.5 Å². The largest absolute Gasteiger partial charge is 0.379 e. The van der Waals surface area contributed by atoms with E-state index in [-0.39, 0.29) is 23.7 Å². The van der Waals surface area contributed by atoms with Gasteiger partial charge in [0.05, 0.1) is 17.2 Å². The molecule has 2 atom stereocenters. The first-order valence-corrected chi connectivity index (χ1v) is 7.62. The fourth-order valence-corrected chi connectivity index (χ4v) is 3.01. The molecule has 1 N–H and O–H groups in total. The lowest BCUT2D eigenvalue weighted by Gasteiger charge is -2.18. The van der Waals surface area contributed by atoms with E-state index in [0.717, 1.165) is 19.3 Å². The normalized spacial score (nSPS) is 21.0. The predicted octanol–water partition coefficient (Wildman–Crippen LogP) is 3.29. The number of hydrogen-bond donors (Lipinski definition) is 1. The van der Waals surface area contributed by atoms with Crippen LogP contribution in [0.5, 0.6) is 0 Å². The summed E-state index contributed by atoms with van der Waals surface area (Å²) in [5.74, 6) is 0.224. The lowest BCUT2D eigenvalue weighted by Crippen LogP contribution is -2.40. The van der Waals surface area contributed by atoms with Gasteiger partial charge in [-0.05, 0) is 31.4 Å². The highest BCUT2D eigenvalue weighted by atomic mass is 35.5. The zero-order chi connectivity index (χ0) is 15.5. The minimum absolute atomic E-state index is 0.0259. The SMILES string of the molecule is COC1CCCC1NC(=O)c1cc(-c2ccccc2Cl)on1. The maximum absolute atomic E-state index is 12.3. The Kier molecular flexibility index (Phi) is 4.45. The quantitative estimate of drug-likeness (QED) is 0.938. The fraction of sp³-hybridized carbons (Fsp3) is 0.375. The third-order valence-corrected chi connectivity index (χ3v) is 4.28. The molecule has 1 aromatic heterocycles. The van der Waals surface area contributed by atoms with Crippen LogP contribution in [0.4, 0.5) is 0 Å². The van der Waals surface area contributed by atoms with Crippen molar-refractivity contribution in [3.05, 3.63) is 41.0 Å². The van der Waals surface area contributed by atoms with E-state index in [2.05, 4.69) is 10.5 Å². The van der Waals surface area contributed by atoms with Gasteiger partial charge in [0.15, 0.2) is 11.5 Å². The van der Waals surface area contributed by atoms with Gasteiger partial charge in [-0.2, -0.15) is 0 Å². The molecule has 5 nitrogen and oxygen atoms in total. The maximum Gasteiger partial charge on any atom is 0.273 e. The molecule has 1 aromatic carbocycles. The van der Waals surface area contributed by atoms with Gasteiger partial charge in [-0.25, -0.2) is 0 Å². The van der Waals surface area contributed by atoms with Gasteiger partial charge in [-0.3, -0.25) is 4.79 Å². The Bertz CT molecular complexity index is 671. The molecular weight excluding hydrogens is 304 g/mol. The van der Waals surface area contributed by atoms with Crippen molar-refractivity contribution in [2.45, 2.75) is 31.4 Å². The van der Waals surface area contributed by atoms with E-state index in [1.165, 1.54) is 0 Å². The minimum atomic E-state index is -0.254. The molecule has 0 spiro atoms. The number of carbonyl (C=O) groups excluding carboxylic acids is 1. The highest BCUT2D eigenvalue weighted by Gasteiger charge is 2.29. The number of nitrogens with one attached hydrogen (secondary N) is 1. The van der Waals surface area contributed by atoms with E-state index < -0.39 is 0 Å². The summed E-state index contributed by atoms with van der Waals surface area (Å²) in [6.45, 7) is 0. The van der Waals surface area contributed by atoms with Gasteiger partial charge in [0.1, 0.15) is 0 Å².